The van der Waals surface area contributed by atoms with E-state index in [9.17, 15) is 8.42 Å². The minimum atomic E-state index is -3.49. The van der Waals surface area contributed by atoms with Gasteiger partial charge in [0.1, 0.15) is 5.76 Å². The van der Waals surface area contributed by atoms with Crippen LogP contribution in [0.4, 0.5) is 0 Å². The lowest BCUT2D eigenvalue weighted by molar-refractivity contribution is 0.180. The summed E-state index contributed by atoms with van der Waals surface area (Å²) in [6, 6.07) is 2.06. The largest absolute Gasteiger partial charge is 0.361 e. The Hall–Kier alpha value is -1.70. The average molecular weight is 392 g/mol. The lowest BCUT2D eigenvalue weighted by Gasteiger charge is -2.34. The van der Waals surface area contributed by atoms with Crippen LogP contribution in [0.1, 0.15) is 39.3 Å². The van der Waals surface area contributed by atoms with Crippen molar-refractivity contribution in [3.05, 3.63) is 45.3 Å². The van der Waals surface area contributed by atoms with Crippen molar-refractivity contribution in [2.75, 3.05) is 26.2 Å². The van der Waals surface area contributed by atoms with Gasteiger partial charge in [-0.15, -0.1) is 0 Å². The van der Waals surface area contributed by atoms with E-state index in [1.165, 1.54) is 0 Å². The fourth-order valence-electron chi connectivity index (χ4n) is 3.78. The van der Waals surface area contributed by atoms with Crippen LogP contribution in [0.5, 0.6) is 0 Å². The number of nitrogens with zero attached hydrogens (tertiary/aromatic N) is 3. The van der Waals surface area contributed by atoms with E-state index in [0.29, 0.717) is 31.1 Å². The van der Waals surface area contributed by atoms with Gasteiger partial charge in [0, 0.05) is 38.3 Å². The minimum absolute atomic E-state index is 0.485. The zero-order chi connectivity index (χ0) is 19.9. The molecule has 0 bridgehead atoms. The number of hydrogen-bond acceptors (Lipinski definition) is 5. The van der Waals surface area contributed by atoms with Crippen LogP contribution >= 0.6 is 0 Å². The average Bonchev–Trinajstić information content (AvgIpc) is 2.92. The van der Waals surface area contributed by atoms with Gasteiger partial charge in [0.25, 0.3) is 0 Å². The lowest BCUT2D eigenvalue weighted by Crippen LogP contribution is -2.48. The van der Waals surface area contributed by atoms with E-state index in [2.05, 4.69) is 16.1 Å². The summed E-state index contributed by atoms with van der Waals surface area (Å²) in [4.78, 5) is 2.75. The number of aromatic nitrogens is 1. The van der Waals surface area contributed by atoms with Crippen LogP contribution < -0.4 is 0 Å². The molecular weight excluding hydrogens is 362 g/mol. The smallest absolute Gasteiger partial charge is 0.243 e. The van der Waals surface area contributed by atoms with Crippen molar-refractivity contribution in [1.82, 2.24) is 14.4 Å². The summed E-state index contributed by atoms with van der Waals surface area (Å²) in [6.45, 7) is 14.8. The Balaban J connectivity index is 1.78. The van der Waals surface area contributed by atoms with Crippen molar-refractivity contribution >= 4 is 10.0 Å². The number of hydrogen-bond donors (Lipinski definition) is 0. The van der Waals surface area contributed by atoms with Gasteiger partial charge in [-0.2, -0.15) is 4.31 Å². The Morgan fingerprint density at radius 1 is 0.963 bits per heavy atom. The highest BCUT2D eigenvalue weighted by Gasteiger charge is 2.32. The molecule has 1 fully saturated rings. The van der Waals surface area contributed by atoms with Gasteiger partial charge in [-0.1, -0.05) is 11.2 Å². The maximum absolute atomic E-state index is 13.3. The van der Waals surface area contributed by atoms with E-state index in [1.54, 1.807) is 4.31 Å². The molecule has 2 heterocycles. The van der Waals surface area contributed by atoms with Crippen LogP contribution in [0, 0.1) is 41.5 Å². The van der Waals surface area contributed by atoms with Crippen LogP contribution in [0.15, 0.2) is 15.5 Å². The summed E-state index contributed by atoms with van der Waals surface area (Å²) in [5, 5.41) is 4.00. The Kier molecular flexibility index (Phi) is 5.47. The van der Waals surface area contributed by atoms with Crippen molar-refractivity contribution < 1.29 is 12.9 Å². The first-order valence-corrected chi connectivity index (χ1v) is 10.8. The number of rotatable bonds is 4. The van der Waals surface area contributed by atoms with E-state index in [1.807, 2.05) is 41.5 Å². The first-order chi connectivity index (χ1) is 12.6. The monoisotopic (exact) mass is 391 g/mol. The summed E-state index contributed by atoms with van der Waals surface area (Å²) in [6.07, 6.45) is 0. The molecule has 0 spiro atoms. The number of benzene rings is 1. The van der Waals surface area contributed by atoms with Crippen molar-refractivity contribution in [3.63, 3.8) is 0 Å². The highest BCUT2D eigenvalue weighted by atomic mass is 32.2. The molecule has 0 atom stereocenters. The fourth-order valence-corrected chi connectivity index (χ4v) is 5.77. The lowest BCUT2D eigenvalue weighted by atomic mass is 10.0. The van der Waals surface area contributed by atoms with E-state index in [0.717, 1.165) is 45.8 Å². The zero-order valence-electron chi connectivity index (χ0n) is 17.1. The Labute approximate surface area is 162 Å². The second-order valence-corrected chi connectivity index (χ2v) is 9.45. The fraction of sp³-hybridized carbons (Fsp3) is 0.550. The summed E-state index contributed by atoms with van der Waals surface area (Å²) in [5.41, 5.74) is 5.77. The van der Waals surface area contributed by atoms with Crippen LogP contribution in [-0.4, -0.2) is 49.0 Å². The molecule has 1 aliphatic heterocycles. The molecule has 6 nitrogen and oxygen atoms in total. The van der Waals surface area contributed by atoms with Gasteiger partial charge < -0.3 is 4.52 Å². The van der Waals surface area contributed by atoms with Crippen LogP contribution in [-0.2, 0) is 16.6 Å². The molecule has 1 aromatic carbocycles. The molecule has 148 valence electrons. The topological polar surface area (TPSA) is 66.7 Å². The molecule has 1 saturated heterocycles. The second-order valence-electron chi connectivity index (χ2n) is 7.57. The molecule has 0 saturated carbocycles. The summed E-state index contributed by atoms with van der Waals surface area (Å²) >= 11 is 0. The molecular formula is C20H29N3O3S. The molecule has 3 rings (SSSR count). The third-order valence-corrected chi connectivity index (χ3v) is 7.96. The number of piperazine rings is 1. The molecule has 0 amide bonds. The molecule has 0 radical (unpaired) electrons. The number of aryl methyl sites for hydroxylation is 4. The zero-order valence-corrected chi connectivity index (χ0v) is 17.9. The SMILES string of the molecule is Cc1cc(C)c(C)c(S(=O)(=O)N2CCN(Cc3c(C)noc3C)CC2)c1C. The van der Waals surface area contributed by atoms with E-state index in [4.69, 9.17) is 4.52 Å². The molecule has 1 aromatic heterocycles. The van der Waals surface area contributed by atoms with Gasteiger partial charge >= 0.3 is 0 Å². The summed E-state index contributed by atoms with van der Waals surface area (Å²) in [7, 11) is -3.49. The maximum atomic E-state index is 13.3. The van der Waals surface area contributed by atoms with Gasteiger partial charge in [0.2, 0.25) is 10.0 Å². The molecule has 2 aromatic rings. The van der Waals surface area contributed by atoms with E-state index in [-0.39, 0.29) is 0 Å². The molecule has 0 N–H and O–H groups in total. The predicted molar refractivity (Wildman–Crippen MR) is 105 cm³/mol. The second kappa shape index (κ2) is 7.37. The van der Waals surface area contributed by atoms with E-state index >= 15 is 0 Å². The van der Waals surface area contributed by atoms with Gasteiger partial charge in [0.15, 0.2) is 0 Å². The van der Waals surface area contributed by atoms with Crippen molar-refractivity contribution in [2.24, 2.45) is 0 Å². The molecule has 0 aliphatic carbocycles. The first kappa shape index (κ1) is 20.0. The van der Waals surface area contributed by atoms with E-state index < -0.39 is 10.0 Å². The first-order valence-electron chi connectivity index (χ1n) is 9.34. The van der Waals surface area contributed by atoms with Crippen LogP contribution in [0.3, 0.4) is 0 Å². The standard InChI is InChI=1S/C20H29N3O3S/c1-13-11-14(2)16(4)20(15(13)3)27(24,25)23-9-7-22(8-10-23)12-19-17(5)21-26-18(19)6/h11H,7-10,12H2,1-6H3. The maximum Gasteiger partial charge on any atom is 0.243 e. The molecule has 7 heteroatoms. The van der Waals surface area contributed by atoms with Crippen molar-refractivity contribution in [1.29, 1.82) is 0 Å². The third-order valence-electron chi connectivity index (χ3n) is 5.79. The molecule has 27 heavy (non-hydrogen) atoms. The van der Waals surface area contributed by atoms with Gasteiger partial charge in [-0.05, 0) is 63.8 Å². The Morgan fingerprint density at radius 2 is 1.52 bits per heavy atom. The Morgan fingerprint density at radius 3 is 2.00 bits per heavy atom. The van der Waals surface area contributed by atoms with Crippen LogP contribution in [0.25, 0.3) is 0 Å². The van der Waals surface area contributed by atoms with Gasteiger partial charge in [0.05, 0.1) is 10.6 Å². The predicted octanol–water partition coefficient (Wildman–Crippen LogP) is 3.03. The summed E-state index contributed by atoms with van der Waals surface area (Å²) < 4.78 is 33.6. The van der Waals surface area contributed by atoms with Gasteiger partial charge in [-0.3, -0.25) is 4.90 Å². The number of sulfonamides is 1. The normalized spacial score (nSPS) is 16.8. The quantitative estimate of drug-likeness (QED) is 0.801. The highest BCUT2D eigenvalue weighted by Crippen LogP contribution is 2.29. The van der Waals surface area contributed by atoms with Crippen LogP contribution in [0.2, 0.25) is 0 Å². The highest BCUT2D eigenvalue weighted by molar-refractivity contribution is 7.89. The van der Waals surface area contributed by atoms with Crippen molar-refractivity contribution in [3.8, 4) is 0 Å². The minimum Gasteiger partial charge on any atom is -0.361 e. The summed E-state index contributed by atoms with van der Waals surface area (Å²) in [5.74, 6) is 0.837. The van der Waals surface area contributed by atoms with Crippen molar-refractivity contribution in [2.45, 2.75) is 53.0 Å². The van der Waals surface area contributed by atoms with Gasteiger partial charge in [-0.25, -0.2) is 8.42 Å². The Bertz CT molecular complexity index is 910. The third kappa shape index (κ3) is 3.68. The molecule has 0 unspecified atom stereocenters. The molecule has 1 aliphatic rings.